The van der Waals surface area contributed by atoms with Crippen LogP contribution in [-0.2, 0) is 4.79 Å². The molecule has 1 atom stereocenters. The van der Waals surface area contributed by atoms with Crippen LogP contribution in [-0.4, -0.2) is 15.7 Å². The minimum Gasteiger partial charge on any atom is -0.346 e. The quantitative estimate of drug-likeness (QED) is 0.567. The number of carbonyl (C=O) groups is 1. The molecule has 0 aliphatic heterocycles. The Morgan fingerprint density at radius 3 is 2.71 bits per heavy atom. The molecule has 0 unspecified atom stereocenters. The standard InChI is InChI=1S/C9H12Cl3NO/c10-9(11,12)8(14)13-7-5-3-1-2-4-6-7/h3,5,7H,1-2,4,6H2,(H,13,14)/t7-/m1/s1. The molecule has 0 saturated heterocycles. The van der Waals surface area contributed by atoms with E-state index in [1.54, 1.807) is 0 Å². The number of rotatable bonds is 1. The van der Waals surface area contributed by atoms with Gasteiger partial charge in [-0.1, -0.05) is 53.4 Å². The average Bonchev–Trinajstić information content (AvgIpc) is 2.31. The molecule has 0 aromatic heterocycles. The van der Waals surface area contributed by atoms with Crippen molar-refractivity contribution in [3.05, 3.63) is 12.2 Å². The highest BCUT2D eigenvalue weighted by Crippen LogP contribution is 2.26. The third kappa shape index (κ3) is 4.07. The summed E-state index contributed by atoms with van der Waals surface area (Å²) in [5.74, 6) is -0.556. The van der Waals surface area contributed by atoms with Gasteiger partial charge < -0.3 is 5.32 Å². The van der Waals surface area contributed by atoms with E-state index in [0.717, 1.165) is 25.7 Å². The van der Waals surface area contributed by atoms with Gasteiger partial charge in [-0.25, -0.2) is 0 Å². The Kier molecular flexibility index (Phi) is 4.55. The monoisotopic (exact) mass is 255 g/mol. The summed E-state index contributed by atoms with van der Waals surface area (Å²) in [4.78, 5) is 11.3. The number of carbonyl (C=O) groups excluding carboxylic acids is 1. The summed E-state index contributed by atoms with van der Waals surface area (Å²) in [6.45, 7) is 0. The topological polar surface area (TPSA) is 29.1 Å². The molecular weight excluding hydrogens is 244 g/mol. The minimum atomic E-state index is -1.86. The van der Waals surface area contributed by atoms with Crippen molar-refractivity contribution in [2.45, 2.75) is 35.5 Å². The molecule has 1 aliphatic carbocycles. The lowest BCUT2D eigenvalue weighted by atomic mass is 10.1. The second kappa shape index (κ2) is 5.24. The van der Waals surface area contributed by atoms with Crippen LogP contribution in [0.25, 0.3) is 0 Å². The predicted molar refractivity (Wildman–Crippen MR) is 59.8 cm³/mol. The number of hydrogen-bond acceptors (Lipinski definition) is 1. The summed E-state index contributed by atoms with van der Waals surface area (Å²) in [7, 11) is 0. The van der Waals surface area contributed by atoms with Gasteiger partial charge in [0.25, 0.3) is 9.70 Å². The average molecular weight is 257 g/mol. The van der Waals surface area contributed by atoms with Crippen molar-refractivity contribution in [1.29, 1.82) is 0 Å². The van der Waals surface area contributed by atoms with Crippen LogP contribution < -0.4 is 5.32 Å². The summed E-state index contributed by atoms with van der Waals surface area (Å²) in [5, 5.41) is 2.68. The normalized spacial score (nSPS) is 22.9. The van der Waals surface area contributed by atoms with Gasteiger partial charge in [-0.2, -0.15) is 0 Å². The smallest absolute Gasteiger partial charge is 0.272 e. The van der Waals surface area contributed by atoms with E-state index in [2.05, 4.69) is 11.4 Å². The van der Waals surface area contributed by atoms with Gasteiger partial charge in [0.1, 0.15) is 0 Å². The lowest BCUT2D eigenvalue weighted by Gasteiger charge is -2.17. The van der Waals surface area contributed by atoms with Crippen molar-refractivity contribution in [3.8, 4) is 0 Å². The molecule has 0 spiro atoms. The molecule has 0 bridgehead atoms. The number of alkyl halides is 3. The molecule has 0 saturated carbocycles. The largest absolute Gasteiger partial charge is 0.346 e. The number of allylic oxidation sites excluding steroid dienone is 1. The van der Waals surface area contributed by atoms with Gasteiger partial charge in [-0.15, -0.1) is 0 Å². The molecule has 5 heteroatoms. The molecule has 2 nitrogen and oxygen atoms in total. The van der Waals surface area contributed by atoms with Gasteiger partial charge in [0.15, 0.2) is 0 Å². The molecular formula is C9H12Cl3NO. The third-order valence-corrected chi connectivity index (χ3v) is 2.59. The second-order valence-corrected chi connectivity index (χ2v) is 5.57. The van der Waals surface area contributed by atoms with E-state index in [-0.39, 0.29) is 6.04 Å². The fourth-order valence-electron chi connectivity index (χ4n) is 1.35. The number of nitrogens with one attached hydrogen (secondary N) is 1. The fourth-order valence-corrected chi connectivity index (χ4v) is 1.52. The highest BCUT2D eigenvalue weighted by atomic mass is 35.6. The van der Waals surface area contributed by atoms with Crippen LogP contribution in [0.3, 0.4) is 0 Å². The van der Waals surface area contributed by atoms with Crippen LogP contribution in [0.4, 0.5) is 0 Å². The highest BCUT2D eigenvalue weighted by molar-refractivity contribution is 6.76. The summed E-state index contributed by atoms with van der Waals surface area (Å²) >= 11 is 16.3. The summed E-state index contributed by atoms with van der Waals surface area (Å²) in [5.41, 5.74) is 0. The molecule has 80 valence electrons. The second-order valence-electron chi connectivity index (χ2n) is 3.29. The van der Waals surface area contributed by atoms with Gasteiger partial charge >= 0.3 is 0 Å². The molecule has 0 aromatic carbocycles. The van der Waals surface area contributed by atoms with Crippen molar-refractivity contribution >= 4 is 40.7 Å². The molecule has 1 N–H and O–H groups in total. The van der Waals surface area contributed by atoms with Crippen LogP contribution in [0.1, 0.15) is 25.7 Å². The molecule has 0 heterocycles. The Morgan fingerprint density at radius 1 is 1.36 bits per heavy atom. The molecule has 0 radical (unpaired) electrons. The number of halogens is 3. The van der Waals surface area contributed by atoms with Crippen molar-refractivity contribution in [2.75, 3.05) is 0 Å². The summed E-state index contributed by atoms with van der Waals surface area (Å²) in [6, 6.07) is 0.000579. The van der Waals surface area contributed by atoms with Gasteiger partial charge in [0.2, 0.25) is 0 Å². The van der Waals surface area contributed by atoms with E-state index in [9.17, 15) is 4.79 Å². The zero-order chi connectivity index (χ0) is 10.6. The maximum Gasteiger partial charge on any atom is 0.272 e. The molecule has 14 heavy (non-hydrogen) atoms. The number of amides is 1. The Hall–Kier alpha value is 0.0800. The van der Waals surface area contributed by atoms with Gasteiger partial charge in [-0.05, 0) is 19.3 Å². The zero-order valence-corrected chi connectivity index (χ0v) is 9.87. The highest BCUT2D eigenvalue weighted by Gasteiger charge is 2.31. The fraction of sp³-hybridized carbons (Fsp3) is 0.667. The first-order chi connectivity index (χ1) is 6.50. The minimum absolute atomic E-state index is 0.000579. The van der Waals surface area contributed by atoms with Crippen molar-refractivity contribution in [2.24, 2.45) is 0 Å². The summed E-state index contributed by atoms with van der Waals surface area (Å²) in [6.07, 6.45) is 8.20. The number of hydrogen-bond donors (Lipinski definition) is 1. The third-order valence-electron chi connectivity index (χ3n) is 2.08. The maximum atomic E-state index is 11.3. The zero-order valence-electron chi connectivity index (χ0n) is 7.60. The van der Waals surface area contributed by atoms with Crippen LogP contribution >= 0.6 is 34.8 Å². The lowest BCUT2D eigenvalue weighted by molar-refractivity contribution is -0.120. The Labute approximate surface area is 98.6 Å². The van der Waals surface area contributed by atoms with E-state index in [1.165, 1.54) is 0 Å². The molecule has 1 amide bonds. The SMILES string of the molecule is O=C(N[C@@H]1C=CCCCC1)C(Cl)(Cl)Cl. The Morgan fingerprint density at radius 2 is 2.07 bits per heavy atom. The Balaban J connectivity index is 2.46. The van der Waals surface area contributed by atoms with Crippen LogP contribution in [0.15, 0.2) is 12.2 Å². The van der Waals surface area contributed by atoms with E-state index < -0.39 is 9.70 Å². The van der Waals surface area contributed by atoms with E-state index >= 15 is 0 Å². The molecule has 1 rings (SSSR count). The van der Waals surface area contributed by atoms with Gasteiger partial charge in [0.05, 0.1) is 0 Å². The van der Waals surface area contributed by atoms with Crippen LogP contribution in [0.2, 0.25) is 0 Å². The summed E-state index contributed by atoms with van der Waals surface area (Å²) < 4.78 is -1.86. The van der Waals surface area contributed by atoms with Crippen LogP contribution in [0, 0.1) is 0 Å². The van der Waals surface area contributed by atoms with Crippen molar-refractivity contribution in [3.63, 3.8) is 0 Å². The molecule has 1 aliphatic rings. The van der Waals surface area contributed by atoms with E-state index in [1.807, 2.05) is 6.08 Å². The maximum absolute atomic E-state index is 11.3. The molecule has 0 aromatic rings. The van der Waals surface area contributed by atoms with E-state index in [0.29, 0.717) is 0 Å². The predicted octanol–water partition coefficient (Wildman–Crippen LogP) is 2.97. The lowest BCUT2D eigenvalue weighted by Crippen LogP contribution is -2.40. The van der Waals surface area contributed by atoms with Crippen LogP contribution in [0.5, 0.6) is 0 Å². The Bertz CT molecular complexity index is 235. The van der Waals surface area contributed by atoms with Gasteiger partial charge in [-0.3, -0.25) is 4.79 Å². The van der Waals surface area contributed by atoms with Crippen molar-refractivity contribution in [1.82, 2.24) is 5.32 Å². The first-order valence-electron chi connectivity index (χ1n) is 4.54. The molecule has 0 fully saturated rings. The van der Waals surface area contributed by atoms with Crippen molar-refractivity contribution < 1.29 is 4.79 Å². The first kappa shape index (κ1) is 12.2. The first-order valence-corrected chi connectivity index (χ1v) is 5.68. The van der Waals surface area contributed by atoms with Gasteiger partial charge in [0, 0.05) is 6.04 Å². The van der Waals surface area contributed by atoms with E-state index in [4.69, 9.17) is 34.8 Å².